The average molecular weight is 440 g/mol. The molecule has 1 heterocycles. The first-order valence-corrected chi connectivity index (χ1v) is 9.55. The summed E-state index contributed by atoms with van der Waals surface area (Å²) in [7, 11) is -3.58. The molecule has 0 bridgehead atoms. The van der Waals surface area contributed by atoms with E-state index in [1.807, 2.05) is 0 Å². The molecule has 1 aromatic carbocycles. The smallest absolute Gasteiger partial charge is 0.244 e. The molecule has 0 radical (unpaired) electrons. The molecule has 0 saturated carbocycles. The molecule has 1 saturated heterocycles. The van der Waals surface area contributed by atoms with Gasteiger partial charge in [-0.1, -0.05) is 15.9 Å². The molecule has 1 aromatic rings. The van der Waals surface area contributed by atoms with Crippen molar-refractivity contribution in [1.82, 2.24) is 9.62 Å². The molecular formula is C13H16Br2N2O3S. The molecule has 2 rings (SSSR count). The predicted molar refractivity (Wildman–Crippen MR) is 87.4 cm³/mol. The molecule has 1 amide bonds. The van der Waals surface area contributed by atoms with Gasteiger partial charge in [0.1, 0.15) is 0 Å². The molecule has 8 heteroatoms. The highest BCUT2D eigenvalue weighted by atomic mass is 79.9. The predicted octanol–water partition coefficient (Wildman–Crippen LogP) is 2.50. The Labute approximate surface area is 141 Å². The van der Waals surface area contributed by atoms with Gasteiger partial charge >= 0.3 is 0 Å². The van der Waals surface area contributed by atoms with Gasteiger partial charge in [-0.25, -0.2) is 8.42 Å². The van der Waals surface area contributed by atoms with E-state index in [1.54, 1.807) is 18.2 Å². The fourth-order valence-corrected chi connectivity index (χ4v) is 5.37. The van der Waals surface area contributed by atoms with Crippen LogP contribution < -0.4 is 5.32 Å². The second-order valence-corrected chi connectivity index (χ2v) is 8.65. The summed E-state index contributed by atoms with van der Waals surface area (Å²) in [4.78, 5) is 11.4. The van der Waals surface area contributed by atoms with Crippen molar-refractivity contribution in [2.75, 3.05) is 13.1 Å². The number of hydrogen-bond donors (Lipinski definition) is 1. The third-order valence-electron chi connectivity index (χ3n) is 3.30. The minimum Gasteiger partial charge on any atom is -0.352 e. The van der Waals surface area contributed by atoms with Gasteiger partial charge in [-0.05, 0) is 47.0 Å². The van der Waals surface area contributed by atoms with Crippen molar-refractivity contribution in [3.05, 3.63) is 27.1 Å². The monoisotopic (exact) mass is 438 g/mol. The fraction of sp³-hybridized carbons (Fsp3) is 0.462. The van der Waals surface area contributed by atoms with Crippen molar-refractivity contribution in [2.24, 2.45) is 0 Å². The number of benzene rings is 1. The quantitative estimate of drug-likeness (QED) is 0.786. The van der Waals surface area contributed by atoms with E-state index in [2.05, 4.69) is 37.2 Å². The van der Waals surface area contributed by atoms with Gasteiger partial charge < -0.3 is 5.32 Å². The van der Waals surface area contributed by atoms with Crippen molar-refractivity contribution in [1.29, 1.82) is 0 Å². The average Bonchev–Trinajstić information content (AvgIpc) is 2.41. The minimum absolute atomic E-state index is 0.128. The number of hydrogen-bond acceptors (Lipinski definition) is 3. The molecule has 0 aromatic heterocycles. The zero-order valence-corrected chi connectivity index (χ0v) is 15.5. The molecule has 0 aliphatic carbocycles. The van der Waals surface area contributed by atoms with Gasteiger partial charge in [0.05, 0.1) is 4.90 Å². The summed E-state index contributed by atoms with van der Waals surface area (Å²) in [5, 5.41) is 2.80. The van der Waals surface area contributed by atoms with Crippen LogP contribution in [0.2, 0.25) is 0 Å². The Morgan fingerprint density at radius 3 is 2.76 bits per heavy atom. The molecule has 0 spiro atoms. The van der Waals surface area contributed by atoms with E-state index in [-0.39, 0.29) is 16.8 Å². The Hall–Kier alpha value is -0.440. The van der Waals surface area contributed by atoms with E-state index >= 15 is 0 Å². The maximum absolute atomic E-state index is 12.8. The lowest BCUT2D eigenvalue weighted by atomic mass is 10.1. The molecule has 1 unspecified atom stereocenters. The van der Waals surface area contributed by atoms with E-state index in [4.69, 9.17) is 0 Å². The number of amides is 1. The van der Waals surface area contributed by atoms with Crippen molar-refractivity contribution >= 4 is 47.8 Å². The molecule has 1 aliphatic heterocycles. The maximum atomic E-state index is 12.8. The van der Waals surface area contributed by atoms with Crippen LogP contribution in [0.4, 0.5) is 0 Å². The number of nitrogens with one attached hydrogen (secondary N) is 1. The lowest BCUT2D eigenvalue weighted by Gasteiger charge is -2.32. The first-order valence-electron chi connectivity index (χ1n) is 6.53. The Morgan fingerprint density at radius 2 is 2.10 bits per heavy atom. The maximum Gasteiger partial charge on any atom is 0.244 e. The molecule has 5 nitrogen and oxygen atoms in total. The van der Waals surface area contributed by atoms with Gasteiger partial charge in [0.25, 0.3) is 0 Å². The lowest BCUT2D eigenvalue weighted by molar-refractivity contribution is -0.119. The van der Waals surface area contributed by atoms with E-state index in [0.717, 1.165) is 12.8 Å². The highest BCUT2D eigenvalue weighted by Crippen LogP contribution is 2.29. The number of carbonyl (C=O) groups excluding carboxylic acids is 1. The molecular weight excluding hydrogens is 424 g/mol. The van der Waals surface area contributed by atoms with Gasteiger partial charge in [-0.2, -0.15) is 4.31 Å². The summed E-state index contributed by atoms with van der Waals surface area (Å²) >= 11 is 6.59. The second kappa shape index (κ2) is 6.76. The topological polar surface area (TPSA) is 66.5 Å². The summed E-state index contributed by atoms with van der Waals surface area (Å²) in [5.74, 6) is -0.136. The summed E-state index contributed by atoms with van der Waals surface area (Å²) in [6.07, 6.45) is 1.53. The van der Waals surface area contributed by atoms with Crippen molar-refractivity contribution < 1.29 is 13.2 Å². The van der Waals surface area contributed by atoms with E-state index in [0.29, 0.717) is 22.0 Å². The number of rotatable bonds is 3. The van der Waals surface area contributed by atoms with Crippen molar-refractivity contribution in [3.8, 4) is 0 Å². The fourth-order valence-electron chi connectivity index (χ4n) is 2.38. The Balaban J connectivity index is 2.26. The zero-order valence-electron chi connectivity index (χ0n) is 11.5. The first kappa shape index (κ1) is 16.9. The standard InChI is InChI=1S/C13H16Br2N2O3S/c1-9(18)16-11-3-2-6-17(8-11)21(19,20)13-7-10(14)4-5-12(13)15/h4-5,7,11H,2-3,6,8H2,1H3,(H,16,18). The summed E-state index contributed by atoms with van der Waals surface area (Å²) in [6.45, 7) is 2.22. The number of piperidine rings is 1. The summed E-state index contributed by atoms with van der Waals surface area (Å²) in [6, 6.07) is 4.93. The molecule has 1 fully saturated rings. The van der Waals surface area contributed by atoms with Gasteiger partial charge in [-0.3, -0.25) is 4.79 Å². The third kappa shape index (κ3) is 4.06. The number of nitrogens with zero attached hydrogens (tertiary/aromatic N) is 1. The number of sulfonamides is 1. The zero-order chi connectivity index (χ0) is 15.6. The largest absolute Gasteiger partial charge is 0.352 e. The Morgan fingerprint density at radius 1 is 1.38 bits per heavy atom. The van der Waals surface area contributed by atoms with Crippen molar-refractivity contribution in [3.63, 3.8) is 0 Å². The molecule has 1 atom stereocenters. The molecule has 1 aliphatic rings. The van der Waals surface area contributed by atoms with Gasteiger partial charge in [0, 0.05) is 35.0 Å². The van der Waals surface area contributed by atoms with Crippen LogP contribution in [0.3, 0.4) is 0 Å². The highest BCUT2D eigenvalue weighted by molar-refractivity contribution is 9.11. The third-order valence-corrected chi connectivity index (χ3v) is 6.65. The number of halogens is 2. The van der Waals surface area contributed by atoms with Gasteiger partial charge in [0.2, 0.25) is 15.9 Å². The van der Waals surface area contributed by atoms with Crippen LogP contribution in [0.15, 0.2) is 32.0 Å². The van der Waals surface area contributed by atoms with Gasteiger partial charge in [-0.15, -0.1) is 0 Å². The van der Waals surface area contributed by atoms with Crippen LogP contribution in [0, 0.1) is 0 Å². The van der Waals surface area contributed by atoms with Crippen LogP contribution in [-0.2, 0) is 14.8 Å². The lowest BCUT2D eigenvalue weighted by Crippen LogP contribution is -2.49. The van der Waals surface area contributed by atoms with Crippen LogP contribution in [-0.4, -0.2) is 37.8 Å². The van der Waals surface area contributed by atoms with Crippen molar-refractivity contribution in [2.45, 2.75) is 30.7 Å². The Kier molecular flexibility index (Phi) is 5.45. The minimum atomic E-state index is -3.58. The van der Waals surface area contributed by atoms with Crippen LogP contribution >= 0.6 is 31.9 Å². The second-order valence-electron chi connectivity index (χ2n) is 4.98. The van der Waals surface area contributed by atoms with Crippen LogP contribution in [0.5, 0.6) is 0 Å². The summed E-state index contributed by atoms with van der Waals surface area (Å²) in [5.41, 5.74) is 0. The molecule has 1 N–H and O–H groups in total. The van der Waals surface area contributed by atoms with Gasteiger partial charge in [0.15, 0.2) is 0 Å². The van der Waals surface area contributed by atoms with E-state index < -0.39 is 10.0 Å². The van der Waals surface area contributed by atoms with Crippen LogP contribution in [0.25, 0.3) is 0 Å². The van der Waals surface area contributed by atoms with E-state index in [9.17, 15) is 13.2 Å². The molecule has 21 heavy (non-hydrogen) atoms. The Bertz CT molecular complexity index is 649. The SMILES string of the molecule is CC(=O)NC1CCCN(S(=O)(=O)c2cc(Br)ccc2Br)C1. The van der Waals surface area contributed by atoms with Crippen LogP contribution in [0.1, 0.15) is 19.8 Å². The number of carbonyl (C=O) groups is 1. The molecule has 116 valence electrons. The normalized spacial score (nSPS) is 20.2. The van der Waals surface area contributed by atoms with E-state index in [1.165, 1.54) is 11.2 Å². The highest BCUT2D eigenvalue weighted by Gasteiger charge is 2.31. The summed E-state index contributed by atoms with van der Waals surface area (Å²) < 4.78 is 28.2. The first-order chi connectivity index (χ1) is 9.80.